The van der Waals surface area contributed by atoms with E-state index in [2.05, 4.69) is 35.9 Å². The first kappa shape index (κ1) is 20.9. The van der Waals surface area contributed by atoms with Crippen molar-refractivity contribution < 1.29 is 9.53 Å². The van der Waals surface area contributed by atoms with Gasteiger partial charge in [-0.25, -0.2) is 0 Å². The van der Waals surface area contributed by atoms with E-state index in [9.17, 15) is 10.1 Å². The molecule has 5 heteroatoms. The maximum absolute atomic E-state index is 12.6. The van der Waals surface area contributed by atoms with E-state index in [0.717, 1.165) is 22.6 Å². The molecule has 1 amide bonds. The van der Waals surface area contributed by atoms with Crippen LogP contribution in [0.5, 0.6) is 5.75 Å². The Kier molecular flexibility index (Phi) is 6.08. The second-order valence-electron chi connectivity index (χ2n) is 7.25. The van der Waals surface area contributed by atoms with Gasteiger partial charge < -0.3 is 14.6 Å². The van der Waals surface area contributed by atoms with Crippen LogP contribution in [0.1, 0.15) is 28.1 Å². The average molecular weight is 399 g/mol. The predicted molar refractivity (Wildman–Crippen MR) is 120 cm³/mol. The topological polar surface area (TPSA) is 67.0 Å². The van der Waals surface area contributed by atoms with Crippen molar-refractivity contribution in [2.45, 2.75) is 27.7 Å². The molecule has 0 aliphatic carbocycles. The highest BCUT2D eigenvalue weighted by molar-refractivity contribution is 6.09. The molecule has 0 saturated carbocycles. The van der Waals surface area contributed by atoms with Crippen molar-refractivity contribution in [3.05, 3.63) is 82.2 Å². The number of aryl methyl sites for hydroxylation is 3. The molecule has 0 aliphatic heterocycles. The van der Waals surface area contributed by atoms with Gasteiger partial charge in [0.1, 0.15) is 17.4 Å². The van der Waals surface area contributed by atoms with Crippen molar-refractivity contribution >= 4 is 17.7 Å². The number of ether oxygens (including phenoxy) is 1. The highest BCUT2D eigenvalue weighted by Crippen LogP contribution is 2.27. The summed E-state index contributed by atoms with van der Waals surface area (Å²) in [5.41, 5.74) is 6.99. The maximum Gasteiger partial charge on any atom is 0.266 e. The van der Waals surface area contributed by atoms with E-state index in [1.165, 1.54) is 11.1 Å². The van der Waals surface area contributed by atoms with Gasteiger partial charge in [-0.2, -0.15) is 5.26 Å². The molecule has 1 heterocycles. The number of anilines is 1. The van der Waals surface area contributed by atoms with Gasteiger partial charge in [-0.15, -0.1) is 0 Å². The number of aromatic nitrogens is 1. The van der Waals surface area contributed by atoms with Crippen LogP contribution in [0.15, 0.2) is 54.1 Å². The van der Waals surface area contributed by atoms with E-state index in [1.54, 1.807) is 37.5 Å². The molecule has 3 rings (SSSR count). The van der Waals surface area contributed by atoms with E-state index in [0.29, 0.717) is 11.4 Å². The van der Waals surface area contributed by atoms with Gasteiger partial charge in [-0.05, 0) is 80.8 Å². The Bertz CT molecular complexity index is 1140. The summed E-state index contributed by atoms with van der Waals surface area (Å²) in [5, 5.41) is 12.3. The molecule has 0 spiro atoms. The van der Waals surface area contributed by atoms with Gasteiger partial charge in [-0.3, -0.25) is 4.79 Å². The second kappa shape index (κ2) is 8.71. The van der Waals surface area contributed by atoms with Crippen molar-refractivity contribution in [2.75, 3.05) is 12.4 Å². The molecule has 1 aromatic heterocycles. The summed E-state index contributed by atoms with van der Waals surface area (Å²) in [6.45, 7) is 8.19. The number of para-hydroxylation sites is 1. The zero-order valence-corrected chi connectivity index (χ0v) is 17.9. The quantitative estimate of drug-likeness (QED) is 0.470. The van der Waals surface area contributed by atoms with Gasteiger partial charge in [0.05, 0.1) is 12.8 Å². The van der Waals surface area contributed by atoms with Crippen LogP contribution >= 0.6 is 0 Å². The number of hydrogen-bond donors (Lipinski definition) is 1. The fourth-order valence-corrected chi connectivity index (χ4v) is 3.61. The predicted octanol–water partition coefficient (Wildman–Crippen LogP) is 5.27. The summed E-state index contributed by atoms with van der Waals surface area (Å²) in [4.78, 5) is 12.6. The van der Waals surface area contributed by atoms with Crippen molar-refractivity contribution in [3.63, 3.8) is 0 Å². The number of carbonyl (C=O) groups excluding carboxylic acids is 1. The minimum atomic E-state index is -0.445. The van der Waals surface area contributed by atoms with Crippen molar-refractivity contribution in [3.8, 4) is 17.5 Å². The molecule has 0 aliphatic rings. The van der Waals surface area contributed by atoms with Crippen LogP contribution < -0.4 is 10.1 Å². The normalized spacial score (nSPS) is 11.1. The number of nitriles is 1. The Balaban J connectivity index is 1.94. The number of hydrogen-bond acceptors (Lipinski definition) is 3. The second-order valence-corrected chi connectivity index (χ2v) is 7.25. The minimum absolute atomic E-state index is 0.0487. The molecule has 0 bridgehead atoms. The van der Waals surface area contributed by atoms with E-state index in [-0.39, 0.29) is 5.57 Å². The fourth-order valence-electron chi connectivity index (χ4n) is 3.61. The zero-order chi connectivity index (χ0) is 21.8. The van der Waals surface area contributed by atoms with Gasteiger partial charge in [0.25, 0.3) is 5.91 Å². The summed E-state index contributed by atoms with van der Waals surface area (Å²) < 4.78 is 7.30. The number of amides is 1. The van der Waals surface area contributed by atoms with E-state index < -0.39 is 5.91 Å². The standard InChI is InChI=1S/C25H25N3O2/c1-16-7-6-8-17(2)24(16)28-18(3)13-20(19(28)4)14-21(15-26)25(29)27-22-9-11-23(30-5)12-10-22/h6-14H,1-5H3,(H,27,29)/b21-14-. The smallest absolute Gasteiger partial charge is 0.266 e. The first-order valence-corrected chi connectivity index (χ1v) is 9.68. The van der Waals surface area contributed by atoms with Gasteiger partial charge in [0.15, 0.2) is 0 Å². The molecular weight excluding hydrogens is 374 g/mol. The lowest BCUT2D eigenvalue weighted by Crippen LogP contribution is -2.13. The molecule has 0 saturated heterocycles. The SMILES string of the molecule is COc1ccc(NC(=O)/C(C#N)=C\c2cc(C)n(-c3c(C)cccc3C)c2C)cc1. The molecule has 0 radical (unpaired) electrons. The monoisotopic (exact) mass is 399 g/mol. The largest absolute Gasteiger partial charge is 0.497 e. The number of nitrogens with one attached hydrogen (secondary N) is 1. The summed E-state index contributed by atoms with van der Waals surface area (Å²) in [6.07, 6.45) is 1.64. The summed E-state index contributed by atoms with van der Waals surface area (Å²) in [7, 11) is 1.58. The first-order valence-electron chi connectivity index (χ1n) is 9.68. The minimum Gasteiger partial charge on any atom is -0.497 e. The van der Waals surface area contributed by atoms with Crippen LogP contribution in [0, 0.1) is 39.0 Å². The van der Waals surface area contributed by atoms with Crippen molar-refractivity contribution in [1.29, 1.82) is 5.26 Å². The number of methoxy groups -OCH3 is 1. The number of nitrogens with zero attached hydrogens (tertiary/aromatic N) is 2. The average Bonchev–Trinajstić information content (AvgIpc) is 3.00. The summed E-state index contributed by atoms with van der Waals surface area (Å²) in [6, 6.07) is 17.2. The fraction of sp³-hybridized carbons (Fsp3) is 0.200. The Labute approximate surface area is 177 Å². The van der Waals surface area contributed by atoms with Crippen LogP contribution in [-0.4, -0.2) is 17.6 Å². The van der Waals surface area contributed by atoms with Gasteiger partial charge >= 0.3 is 0 Å². The molecule has 5 nitrogen and oxygen atoms in total. The first-order chi connectivity index (χ1) is 14.3. The van der Waals surface area contributed by atoms with Gasteiger partial charge in [-0.1, -0.05) is 18.2 Å². The molecule has 0 atom stereocenters. The summed E-state index contributed by atoms with van der Waals surface area (Å²) >= 11 is 0. The molecule has 3 aromatic rings. The highest BCUT2D eigenvalue weighted by Gasteiger charge is 2.16. The molecular formula is C25H25N3O2. The lowest BCUT2D eigenvalue weighted by Gasteiger charge is -2.15. The van der Waals surface area contributed by atoms with E-state index >= 15 is 0 Å². The number of carbonyl (C=O) groups is 1. The Morgan fingerprint density at radius 3 is 2.27 bits per heavy atom. The van der Waals surface area contributed by atoms with Crippen LogP contribution in [0.3, 0.4) is 0 Å². The highest BCUT2D eigenvalue weighted by atomic mass is 16.5. The van der Waals surface area contributed by atoms with Gasteiger partial charge in [0, 0.05) is 17.1 Å². The van der Waals surface area contributed by atoms with Crippen molar-refractivity contribution in [1.82, 2.24) is 4.57 Å². The third kappa shape index (κ3) is 4.13. The summed E-state index contributed by atoms with van der Waals surface area (Å²) in [5.74, 6) is 0.252. The Morgan fingerprint density at radius 1 is 1.07 bits per heavy atom. The van der Waals surface area contributed by atoms with Crippen LogP contribution in [0.2, 0.25) is 0 Å². The molecule has 152 valence electrons. The Hall–Kier alpha value is -3.78. The number of rotatable bonds is 5. The lowest BCUT2D eigenvalue weighted by atomic mass is 10.1. The maximum atomic E-state index is 12.6. The van der Waals surface area contributed by atoms with Crippen LogP contribution in [0.25, 0.3) is 11.8 Å². The molecule has 1 N–H and O–H groups in total. The lowest BCUT2D eigenvalue weighted by molar-refractivity contribution is -0.112. The van der Waals surface area contributed by atoms with Crippen LogP contribution in [-0.2, 0) is 4.79 Å². The Morgan fingerprint density at radius 2 is 1.70 bits per heavy atom. The third-order valence-corrected chi connectivity index (χ3v) is 5.15. The molecule has 0 unspecified atom stereocenters. The third-order valence-electron chi connectivity index (χ3n) is 5.15. The number of benzene rings is 2. The van der Waals surface area contributed by atoms with Crippen LogP contribution in [0.4, 0.5) is 5.69 Å². The zero-order valence-electron chi connectivity index (χ0n) is 17.9. The van der Waals surface area contributed by atoms with Crippen molar-refractivity contribution in [2.24, 2.45) is 0 Å². The van der Waals surface area contributed by atoms with Gasteiger partial charge in [0.2, 0.25) is 0 Å². The molecule has 0 fully saturated rings. The van der Waals surface area contributed by atoms with E-state index in [4.69, 9.17) is 4.74 Å². The molecule has 30 heavy (non-hydrogen) atoms. The molecule has 2 aromatic carbocycles. The van der Waals surface area contributed by atoms with E-state index in [1.807, 2.05) is 32.0 Å².